The van der Waals surface area contributed by atoms with Crippen molar-refractivity contribution in [2.24, 2.45) is 0 Å². The smallest absolute Gasteiger partial charge is 0.328 e. The monoisotopic (exact) mass is 359 g/mol. The molecule has 0 aliphatic heterocycles. The predicted octanol–water partition coefficient (Wildman–Crippen LogP) is 4.00. The van der Waals surface area contributed by atoms with Crippen LogP contribution in [0, 0.1) is 0 Å². The Bertz CT molecular complexity index is 609. The minimum absolute atomic E-state index is 0.0271. The van der Waals surface area contributed by atoms with Gasteiger partial charge in [0, 0.05) is 23.4 Å². The topological polar surface area (TPSA) is 65.5 Å². The highest BCUT2D eigenvalue weighted by atomic mass is 16.4. The highest BCUT2D eigenvalue weighted by molar-refractivity contribution is 5.85. The molecule has 0 aromatic carbocycles. The third-order valence-corrected chi connectivity index (χ3v) is 5.31. The summed E-state index contributed by atoms with van der Waals surface area (Å²) in [6.45, 7) is 2.16. The number of aryl methyl sites for hydroxylation is 1. The van der Waals surface area contributed by atoms with Crippen molar-refractivity contribution in [2.75, 3.05) is 14.1 Å². The number of aromatic nitrogens is 1. The number of hydrogen-bond acceptors (Lipinski definition) is 4. The molecule has 0 saturated heterocycles. The maximum atomic E-state index is 11.0. The van der Waals surface area contributed by atoms with Crippen molar-refractivity contribution in [3.05, 3.63) is 35.2 Å². The van der Waals surface area contributed by atoms with E-state index in [-0.39, 0.29) is 6.17 Å². The van der Waals surface area contributed by atoms with E-state index in [2.05, 4.69) is 36.3 Å². The summed E-state index contributed by atoms with van der Waals surface area (Å²) in [6.07, 6.45) is 12.3. The fourth-order valence-electron chi connectivity index (χ4n) is 3.82. The first kappa shape index (κ1) is 20.6. The summed E-state index contributed by atoms with van der Waals surface area (Å²) in [6, 6.07) is 4.75. The van der Waals surface area contributed by atoms with Crippen LogP contribution in [0.1, 0.15) is 75.0 Å². The van der Waals surface area contributed by atoms with Crippen LogP contribution in [0.5, 0.6) is 0 Å². The van der Waals surface area contributed by atoms with Crippen molar-refractivity contribution < 1.29 is 9.90 Å². The van der Waals surface area contributed by atoms with Crippen LogP contribution in [-0.4, -0.2) is 41.1 Å². The number of carbonyl (C=O) groups is 1. The molecule has 26 heavy (non-hydrogen) atoms. The van der Waals surface area contributed by atoms with Gasteiger partial charge in [0.05, 0.1) is 11.9 Å². The van der Waals surface area contributed by atoms with Crippen molar-refractivity contribution in [1.82, 2.24) is 15.2 Å². The van der Waals surface area contributed by atoms with E-state index in [1.165, 1.54) is 38.2 Å². The van der Waals surface area contributed by atoms with E-state index >= 15 is 0 Å². The van der Waals surface area contributed by atoms with Gasteiger partial charge >= 0.3 is 5.97 Å². The van der Waals surface area contributed by atoms with E-state index in [1.807, 2.05) is 7.05 Å². The predicted molar refractivity (Wildman–Crippen MR) is 106 cm³/mol. The Hall–Kier alpha value is -1.72. The number of carboxylic acids is 1. The normalized spacial score (nSPS) is 17.1. The number of nitrogens with one attached hydrogen (secondary N) is 1. The summed E-state index contributed by atoms with van der Waals surface area (Å²) < 4.78 is 0. The molecule has 5 heteroatoms. The van der Waals surface area contributed by atoms with Gasteiger partial charge in [0.25, 0.3) is 0 Å². The Morgan fingerprint density at radius 3 is 2.73 bits per heavy atom. The fraction of sp³-hybridized carbons (Fsp3) is 0.619. The highest BCUT2D eigenvalue weighted by Gasteiger charge is 2.26. The average Bonchev–Trinajstić information content (AvgIpc) is 2.66. The number of hydrogen-bond donors (Lipinski definition) is 2. The molecule has 1 aliphatic rings. The van der Waals surface area contributed by atoms with E-state index < -0.39 is 5.97 Å². The zero-order valence-corrected chi connectivity index (χ0v) is 16.4. The molecule has 0 radical (unpaired) electrons. The maximum absolute atomic E-state index is 11.0. The highest BCUT2D eigenvalue weighted by Crippen LogP contribution is 2.29. The van der Waals surface area contributed by atoms with Gasteiger partial charge in [-0.1, -0.05) is 38.7 Å². The lowest BCUT2D eigenvalue weighted by molar-refractivity contribution is -0.131. The molecule has 2 N–H and O–H groups in total. The molecule has 1 aromatic heterocycles. The van der Waals surface area contributed by atoms with Gasteiger partial charge in [-0.05, 0) is 51.9 Å². The molecule has 1 fully saturated rings. The van der Waals surface area contributed by atoms with E-state index in [0.29, 0.717) is 6.04 Å². The van der Waals surface area contributed by atoms with Crippen LogP contribution in [-0.2, 0) is 11.2 Å². The fourth-order valence-corrected chi connectivity index (χ4v) is 3.82. The summed E-state index contributed by atoms with van der Waals surface area (Å²) in [5.74, 6) is -0.946. The van der Waals surface area contributed by atoms with Gasteiger partial charge < -0.3 is 10.4 Å². The summed E-state index contributed by atoms with van der Waals surface area (Å²) in [5, 5.41) is 12.5. The number of aliphatic carboxylic acids is 1. The minimum atomic E-state index is -0.946. The number of nitrogens with zero attached hydrogens (tertiary/aromatic N) is 2. The van der Waals surface area contributed by atoms with Crippen LogP contribution in [0.25, 0.3) is 6.08 Å². The minimum Gasteiger partial charge on any atom is -0.478 e. The van der Waals surface area contributed by atoms with Crippen LogP contribution in [0.4, 0.5) is 0 Å². The van der Waals surface area contributed by atoms with Crippen molar-refractivity contribution in [3.8, 4) is 0 Å². The van der Waals surface area contributed by atoms with Crippen LogP contribution in [0.2, 0.25) is 0 Å². The molecule has 5 nitrogen and oxygen atoms in total. The van der Waals surface area contributed by atoms with Crippen LogP contribution >= 0.6 is 0 Å². The van der Waals surface area contributed by atoms with Crippen molar-refractivity contribution >= 4 is 12.0 Å². The molecule has 1 unspecified atom stereocenters. The van der Waals surface area contributed by atoms with Crippen molar-refractivity contribution in [3.63, 3.8) is 0 Å². The Balaban J connectivity index is 2.31. The summed E-state index contributed by atoms with van der Waals surface area (Å²) in [5.41, 5.74) is 2.82. The second kappa shape index (κ2) is 10.4. The lowest BCUT2D eigenvalue weighted by Crippen LogP contribution is -2.42. The Morgan fingerprint density at radius 1 is 1.38 bits per heavy atom. The number of unbranched alkanes of at least 4 members (excludes halogenated alkanes) is 1. The third-order valence-electron chi connectivity index (χ3n) is 5.31. The van der Waals surface area contributed by atoms with E-state index in [4.69, 9.17) is 10.1 Å². The molecule has 1 aromatic rings. The van der Waals surface area contributed by atoms with Gasteiger partial charge in [0.15, 0.2) is 0 Å². The molecular formula is C21H33N3O2. The number of carboxylic acid groups (broad SMARTS) is 1. The van der Waals surface area contributed by atoms with Crippen LogP contribution in [0.3, 0.4) is 0 Å². The third kappa shape index (κ3) is 5.64. The second-order valence-electron chi connectivity index (χ2n) is 7.20. The van der Waals surface area contributed by atoms with Gasteiger partial charge in [0.2, 0.25) is 0 Å². The first-order valence-corrected chi connectivity index (χ1v) is 9.86. The Kier molecular flexibility index (Phi) is 8.26. The molecule has 0 amide bonds. The van der Waals surface area contributed by atoms with Crippen LogP contribution in [0.15, 0.2) is 18.2 Å². The van der Waals surface area contributed by atoms with Gasteiger partial charge in [-0.15, -0.1) is 0 Å². The molecule has 0 spiro atoms. The average molecular weight is 360 g/mol. The van der Waals surface area contributed by atoms with Crippen molar-refractivity contribution in [2.45, 2.75) is 70.5 Å². The quantitative estimate of drug-likeness (QED) is 0.515. The standard InChI is InChI=1S/C21H33N3O2/c1-4-5-9-16-12-13-18(19(23-16)14-15-20(25)26)21(22-2)24(3)17-10-7-6-8-11-17/h12-15,17,21-22H,4-11H2,1-3H3,(H,25,26)/b15-14+. The zero-order chi connectivity index (χ0) is 18.9. The van der Waals surface area contributed by atoms with Crippen molar-refractivity contribution in [1.29, 1.82) is 0 Å². The summed E-state index contributed by atoms with van der Waals surface area (Å²) >= 11 is 0. The van der Waals surface area contributed by atoms with E-state index in [0.717, 1.165) is 36.2 Å². The second-order valence-corrected chi connectivity index (χ2v) is 7.20. The van der Waals surface area contributed by atoms with Gasteiger partial charge in [-0.2, -0.15) is 0 Å². The molecule has 2 rings (SSSR count). The summed E-state index contributed by atoms with van der Waals surface area (Å²) in [4.78, 5) is 18.2. The summed E-state index contributed by atoms with van der Waals surface area (Å²) in [7, 11) is 4.12. The number of rotatable bonds is 9. The molecule has 144 valence electrons. The largest absolute Gasteiger partial charge is 0.478 e. The Labute approximate surface area is 157 Å². The molecule has 1 saturated carbocycles. The van der Waals surface area contributed by atoms with Gasteiger partial charge in [-0.25, -0.2) is 4.79 Å². The molecule has 1 aliphatic carbocycles. The first-order chi connectivity index (χ1) is 12.6. The van der Waals surface area contributed by atoms with E-state index in [9.17, 15) is 4.79 Å². The van der Waals surface area contributed by atoms with Gasteiger partial charge in [-0.3, -0.25) is 9.88 Å². The molecule has 1 heterocycles. The van der Waals surface area contributed by atoms with Gasteiger partial charge in [0.1, 0.15) is 0 Å². The lowest BCUT2D eigenvalue weighted by atomic mass is 9.93. The zero-order valence-electron chi connectivity index (χ0n) is 16.4. The van der Waals surface area contributed by atoms with Crippen LogP contribution < -0.4 is 5.32 Å². The SMILES string of the molecule is CCCCc1ccc(C(NC)N(C)C2CCCCC2)c(/C=C/C(=O)O)n1. The lowest BCUT2D eigenvalue weighted by Gasteiger charge is -2.37. The molecular weight excluding hydrogens is 326 g/mol. The van der Waals surface area contributed by atoms with E-state index in [1.54, 1.807) is 6.08 Å². The molecule has 0 bridgehead atoms. The number of pyridine rings is 1. The maximum Gasteiger partial charge on any atom is 0.328 e. The first-order valence-electron chi connectivity index (χ1n) is 9.86. The Morgan fingerprint density at radius 2 is 2.12 bits per heavy atom. The molecule has 1 atom stereocenters.